The van der Waals surface area contributed by atoms with Crippen LogP contribution in [-0.2, 0) is 9.47 Å². The Balaban J connectivity index is 1.32. The maximum Gasteiger partial charge on any atom is 0.191 e. The number of hydrogen-bond acceptors (Lipinski definition) is 4. The number of aliphatic imine (C=N–C) groups is 1. The summed E-state index contributed by atoms with van der Waals surface area (Å²) in [5, 5.41) is 3.72. The molecular formula is C24H30N2O2. The number of hydrogen-bond donors (Lipinski definition) is 1. The molecule has 0 radical (unpaired) electrons. The predicted molar refractivity (Wildman–Crippen MR) is 109 cm³/mol. The summed E-state index contributed by atoms with van der Waals surface area (Å²) in [6.45, 7) is 0. The van der Waals surface area contributed by atoms with Crippen LogP contribution in [0.25, 0.3) is 0 Å². The first kappa shape index (κ1) is 16.9. The molecule has 148 valence electrons. The third kappa shape index (κ3) is 2.75. The van der Waals surface area contributed by atoms with Crippen molar-refractivity contribution in [2.45, 2.75) is 76.5 Å². The number of allylic oxidation sites excluding steroid dienone is 4. The van der Waals surface area contributed by atoms with Gasteiger partial charge < -0.3 is 14.8 Å². The minimum absolute atomic E-state index is 0.0553. The molecule has 28 heavy (non-hydrogen) atoms. The Bertz CT molecular complexity index is 806. The summed E-state index contributed by atoms with van der Waals surface area (Å²) >= 11 is 0. The van der Waals surface area contributed by atoms with E-state index in [-0.39, 0.29) is 18.2 Å². The molecule has 2 aliphatic heterocycles. The second kappa shape index (κ2) is 6.82. The number of nitrogens with zero attached hydrogens (tertiary/aromatic N) is 1. The Morgan fingerprint density at radius 2 is 1.68 bits per heavy atom. The number of ether oxygens (including phenoxy) is 2. The van der Waals surface area contributed by atoms with E-state index < -0.39 is 0 Å². The lowest BCUT2D eigenvalue weighted by Gasteiger charge is -2.44. The van der Waals surface area contributed by atoms with E-state index in [4.69, 9.17) is 14.5 Å². The molecule has 0 aromatic rings. The Kier molecular flexibility index (Phi) is 4.13. The molecule has 0 aromatic heterocycles. The summed E-state index contributed by atoms with van der Waals surface area (Å²) in [5.74, 6) is 3.29. The number of nitrogens with one attached hydrogen (secondary N) is 1. The average Bonchev–Trinajstić information content (AvgIpc) is 2.78. The molecule has 3 atom stereocenters. The van der Waals surface area contributed by atoms with E-state index in [0.717, 1.165) is 17.4 Å². The minimum atomic E-state index is 0.0553. The van der Waals surface area contributed by atoms with Crippen LogP contribution in [0.3, 0.4) is 0 Å². The SMILES string of the molecule is C1=CC2OC(C3CCCCC3)=NC3=CC=C4OC(C5CCCCC5)NC1=C4C32. The van der Waals surface area contributed by atoms with E-state index >= 15 is 0 Å². The van der Waals surface area contributed by atoms with E-state index in [9.17, 15) is 0 Å². The lowest BCUT2D eigenvalue weighted by atomic mass is 9.78. The van der Waals surface area contributed by atoms with Crippen LogP contribution < -0.4 is 5.32 Å². The van der Waals surface area contributed by atoms with Crippen molar-refractivity contribution >= 4 is 5.90 Å². The molecule has 6 rings (SSSR count). The molecule has 0 saturated heterocycles. The van der Waals surface area contributed by atoms with Crippen molar-refractivity contribution in [3.8, 4) is 0 Å². The monoisotopic (exact) mass is 378 g/mol. The second-order valence-electron chi connectivity index (χ2n) is 9.23. The lowest BCUT2D eigenvalue weighted by molar-refractivity contribution is 0.0177. The van der Waals surface area contributed by atoms with Gasteiger partial charge >= 0.3 is 0 Å². The molecule has 2 fully saturated rings. The van der Waals surface area contributed by atoms with E-state index in [1.54, 1.807) is 0 Å². The Morgan fingerprint density at radius 1 is 0.893 bits per heavy atom. The quantitative estimate of drug-likeness (QED) is 0.726. The van der Waals surface area contributed by atoms with Crippen molar-refractivity contribution in [1.29, 1.82) is 0 Å². The van der Waals surface area contributed by atoms with Gasteiger partial charge in [-0.3, -0.25) is 0 Å². The van der Waals surface area contributed by atoms with Crippen LogP contribution in [0.15, 0.2) is 52.0 Å². The first-order chi connectivity index (χ1) is 13.9. The van der Waals surface area contributed by atoms with Crippen molar-refractivity contribution in [1.82, 2.24) is 5.32 Å². The van der Waals surface area contributed by atoms with Crippen LogP contribution in [0, 0.1) is 17.8 Å². The van der Waals surface area contributed by atoms with E-state index in [2.05, 4.69) is 29.6 Å². The van der Waals surface area contributed by atoms with Gasteiger partial charge in [0.1, 0.15) is 11.9 Å². The second-order valence-corrected chi connectivity index (χ2v) is 9.23. The van der Waals surface area contributed by atoms with Crippen molar-refractivity contribution in [3.63, 3.8) is 0 Å². The molecule has 6 aliphatic rings. The smallest absolute Gasteiger partial charge is 0.191 e. The van der Waals surface area contributed by atoms with Crippen molar-refractivity contribution in [2.24, 2.45) is 22.7 Å². The van der Waals surface area contributed by atoms with Gasteiger partial charge in [-0.25, -0.2) is 4.99 Å². The molecule has 1 N–H and O–H groups in total. The van der Waals surface area contributed by atoms with E-state index in [1.165, 1.54) is 75.5 Å². The molecule has 4 nitrogen and oxygen atoms in total. The molecule has 2 saturated carbocycles. The lowest BCUT2D eigenvalue weighted by Crippen LogP contribution is -2.47. The molecule has 3 unspecified atom stereocenters. The summed E-state index contributed by atoms with van der Waals surface area (Å²) in [6, 6.07) is 0. The molecular weight excluding hydrogens is 348 g/mol. The van der Waals surface area contributed by atoms with Gasteiger partial charge in [0.05, 0.1) is 11.6 Å². The maximum absolute atomic E-state index is 6.48. The largest absolute Gasteiger partial charge is 0.472 e. The zero-order valence-corrected chi connectivity index (χ0v) is 16.5. The third-order valence-corrected chi connectivity index (χ3v) is 7.45. The predicted octanol–water partition coefficient (Wildman–Crippen LogP) is 5.11. The average molecular weight is 379 g/mol. The van der Waals surface area contributed by atoms with Gasteiger partial charge in [0.25, 0.3) is 0 Å². The van der Waals surface area contributed by atoms with E-state index in [1.807, 2.05) is 0 Å². The van der Waals surface area contributed by atoms with Gasteiger partial charge in [-0.1, -0.05) is 38.5 Å². The van der Waals surface area contributed by atoms with Gasteiger partial charge in [0, 0.05) is 23.1 Å². The fourth-order valence-electron chi connectivity index (χ4n) is 5.92. The fraction of sp³-hybridized carbons (Fsp3) is 0.625. The highest BCUT2D eigenvalue weighted by Gasteiger charge is 2.45. The minimum Gasteiger partial charge on any atom is -0.472 e. The van der Waals surface area contributed by atoms with Crippen LogP contribution in [-0.4, -0.2) is 18.2 Å². The summed E-state index contributed by atoms with van der Waals surface area (Å²) in [7, 11) is 0. The highest BCUT2D eigenvalue weighted by molar-refractivity contribution is 5.82. The standard InChI is InChI=1S/C24H30N2O2/c1-3-7-15(8-4-1)23-25-17-11-14-20-22-18(12-13-19(27-23)21(17)22)26-24(28-20)16-9-5-2-6-10-16/h11-16,19,21,24,26H,1-10H2. The molecule has 0 amide bonds. The van der Waals surface area contributed by atoms with Gasteiger partial charge in [-0.05, 0) is 50.0 Å². The molecule has 0 spiro atoms. The normalized spacial score (nSPS) is 35.0. The fourth-order valence-corrected chi connectivity index (χ4v) is 5.92. The molecule has 0 bridgehead atoms. The summed E-state index contributed by atoms with van der Waals surface area (Å²) in [4.78, 5) is 5.01. The van der Waals surface area contributed by atoms with Crippen LogP contribution in [0.4, 0.5) is 0 Å². The first-order valence-electron chi connectivity index (χ1n) is 11.4. The topological polar surface area (TPSA) is 42.9 Å². The maximum atomic E-state index is 6.48. The zero-order chi connectivity index (χ0) is 18.5. The van der Waals surface area contributed by atoms with E-state index in [0.29, 0.717) is 11.8 Å². The van der Waals surface area contributed by atoms with Crippen molar-refractivity contribution in [2.75, 3.05) is 0 Å². The zero-order valence-electron chi connectivity index (χ0n) is 16.5. The molecule has 2 heterocycles. The molecule has 4 aliphatic carbocycles. The van der Waals surface area contributed by atoms with Crippen molar-refractivity contribution < 1.29 is 9.47 Å². The van der Waals surface area contributed by atoms with Crippen LogP contribution >= 0.6 is 0 Å². The number of rotatable bonds is 2. The highest BCUT2D eigenvalue weighted by atomic mass is 16.5. The Labute approximate surface area is 167 Å². The van der Waals surface area contributed by atoms with Gasteiger partial charge in [0.2, 0.25) is 0 Å². The first-order valence-corrected chi connectivity index (χ1v) is 11.4. The Hall–Kier alpha value is -1.97. The highest BCUT2D eigenvalue weighted by Crippen LogP contribution is 2.46. The van der Waals surface area contributed by atoms with Gasteiger partial charge in [0.15, 0.2) is 12.1 Å². The Morgan fingerprint density at radius 3 is 2.50 bits per heavy atom. The summed E-state index contributed by atoms with van der Waals surface area (Å²) in [5.41, 5.74) is 3.63. The molecule has 4 heteroatoms. The van der Waals surface area contributed by atoms with Gasteiger partial charge in [-0.15, -0.1) is 0 Å². The third-order valence-electron chi connectivity index (χ3n) is 7.45. The van der Waals surface area contributed by atoms with Crippen molar-refractivity contribution in [3.05, 3.63) is 47.0 Å². The van der Waals surface area contributed by atoms with Gasteiger partial charge in [-0.2, -0.15) is 0 Å². The van der Waals surface area contributed by atoms with Crippen LogP contribution in [0.5, 0.6) is 0 Å². The summed E-state index contributed by atoms with van der Waals surface area (Å²) < 4.78 is 12.9. The molecule has 0 aromatic carbocycles. The van der Waals surface area contributed by atoms with Crippen LogP contribution in [0.1, 0.15) is 64.2 Å². The van der Waals surface area contributed by atoms with Crippen LogP contribution in [0.2, 0.25) is 0 Å². The summed E-state index contributed by atoms with van der Waals surface area (Å²) in [6.07, 6.45) is 21.9.